The molecular weight excluding hydrogens is 284 g/mol. The number of imidazole rings is 1. The third-order valence-corrected chi connectivity index (χ3v) is 3.85. The minimum Gasteiger partial charge on any atom is -0.374 e. The number of hydrogen-bond donors (Lipinski definition) is 1. The maximum Gasteiger partial charge on any atom is 0.178 e. The molecule has 1 unspecified atom stereocenters. The number of aromatic nitrogens is 2. The molecule has 1 atom stereocenters. The molecule has 0 aliphatic carbocycles. The maximum atomic E-state index is 13.7. The van der Waals surface area contributed by atoms with E-state index >= 15 is 0 Å². The van der Waals surface area contributed by atoms with Gasteiger partial charge in [-0.1, -0.05) is 0 Å². The lowest BCUT2D eigenvalue weighted by atomic mass is 10.2. The van der Waals surface area contributed by atoms with E-state index in [1.54, 1.807) is 4.57 Å². The standard InChI is InChI=1S/C13H15F2N3OS/c1-17-2-3-19-9(6-17)7-18-11-5-8(14)4-10(15)12(11)16-13(18)20/h4-5,9H,2-3,6-7H2,1H3,(H,16,20). The topological polar surface area (TPSA) is 33.2 Å². The summed E-state index contributed by atoms with van der Waals surface area (Å²) in [5.41, 5.74) is 0.671. The summed E-state index contributed by atoms with van der Waals surface area (Å²) in [5.74, 6) is -1.24. The number of rotatable bonds is 2. The second-order valence-corrected chi connectivity index (χ2v) is 5.46. The summed E-state index contributed by atoms with van der Waals surface area (Å²) in [4.78, 5) is 4.95. The number of morpholine rings is 1. The number of aromatic amines is 1. The summed E-state index contributed by atoms with van der Waals surface area (Å²) >= 11 is 5.20. The van der Waals surface area contributed by atoms with E-state index in [1.807, 2.05) is 7.05 Å². The average Bonchev–Trinajstić information content (AvgIpc) is 2.68. The molecule has 1 aliphatic rings. The van der Waals surface area contributed by atoms with Crippen LogP contribution in [-0.4, -0.2) is 47.3 Å². The van der Waals surface area contributed by atoms with Crippen molar-refractivity contribution in [1.29, 1.82) is 0 Å². The van der Waals surface area contributed by atoms with Crippen molar-refractivity contribution < 1.29 is 13.5 Å². The van der Waals surface area contributed by atoms with Crippen molar-refractivity contribution in [3.05, 3.63) is 28.5 Å². The van der Waals surface area contributed by atoms with E-state index < -0.39 is 11.6 Å². The summed E-state index contributed by atoms with van der Waals surface area (Å²) in [6.45, 7) is 2.79. The number of ether oxygens (including phenoxy) is 1. The highest BCUT2D eigenvalue weighted by atomic mass is 32.1. The lowest BCUT2D eigenvalue weighted by Gasteiger charge is -2.30. The molecule has 0 radical (unpaired) electrons. The van der Waals surface area contributed by atoms with Crippen molar-refractivity contribution in [3.8, 4) is 0 Å². The fourth-order valence-corrected chi connectivity index (χ4v) is 2.82. The molecule has 0 bridgehead atoms. The van der Waals surface area contributed by atoms with Gasteiger partial charge in [-0.15, -0.1) is 0 Å². The van der Waals surface area contributed by atoms with Crippen molar-refractivity contribution in [1.82, 2.24) is 14.5 Å². The maximum absolute atomic E-state index is 13.7. The smallest absolute Gasteiger partial charge is 0.178 e. The van der Waals surface area contributed by atoms with Crippen LogP contribution >= 0.6 is 12.2 Å². The zero-order valence-corrected chi connectivity index (χ0v) is 11.8. The van der Waals surface area contributed by atoms with Gasteiger partial charge in [0.2, 0.25) is 0 Å². The number of halogens is 2. The van der Waals surface area contributed by atoms with Gasteiger partial charge in [0, 0.05) is 19.2 Å². The molecule has 1 N–H and O–H groups in total. The monoisotopic (exact) mass is 299 g/mol. The average molecular weight is 299 g/mol. The SMILES string of the molecule is CN1CCOC(Cn2c(=S)[nH]c3c(F)cc(F)cc32)C1. The minimum atomic E-state index is -0.633. The first-order valence-electron chi connectivity index (χ1n) is 6.42. The lowest BCUT2D eigenvalue weighted by Crippen LogP contribution is -2.41. The lowest BCUT2D eigenvalue weighted by molar-refractivity contribution is -0.0271. The molecule has 20 heavy (non-hydrogen) atoms. The van der Waals surface area contributed by atoms with Gasteiger partial charge in [0.25, 0.3) is 0 Å². The van der Waals surface area contributed by atoms with Crippen molar-refractivity contribution >= 4 is 23.3 Å². The van der Waals surface area contributed by atoms with E-state index in [9.17, 15) is 8.78 Å². The molecule has 4 nitrogen and oxygen atoms in total. The van der Waals surface area contributed by atoms with Crippen LogP contribution in [0.5, 0.6) is 0 Å². The highest BCUT2D eigenvalue weighted by molar-refractivity contribution is 7.71. The molecule has 108 valence electrons. The van der Waals surface area contributed by atoms with Crippen LogP contribution in [0.25, 0.3) is 11.0 Å². The second-order valence-electron chi connectivity index (χ2n) is 5.08. The molecule has 1 aromatic heterocycles. The van der Waals surface area contributed by atoms with Crippen LogP contribution in [0.3, 0.4) is 0 Å². The first-order chi connectivity index (χ1) is 9.54. The van der Waals surface area contributed by atoms with Gasteiger partial charge in [0.1, 0.15) is 11.3 Å². The molecule has 1 saturated heterocycles. The first kappa shape index (κ1) is 13.7. The zero-order valence-electron chi connectivity index (χ0n) is 11.0. The number of hydrogen-bond acceptors (Lipinski definition) is 3. The minimum absolute atomic E-state index is 0.0363. The molecule has 0 spiro atoms. The van der Waals surface area contributed by atoms with Crippen molar-refractivity contribution in [2.45, 2.75) is 12.6 Å². The van der Waals surface area contributed by atoms with E-state index in [-0.39, 0.29) is 11.6 Å². The molecule has 0 saturated carbocycles. The number of nitrogens with zero attached hydrogens (tertiary/aromatic N) is 2. The molecule has 1 aliphatic heterocycles. The van der Waals surface area contributed by atoms with Crippen LogP contribution in [0, 0.1) is 16.4 Å². The Hall–Kier alpha value is -1.31. The fraction of sp³-hybridized carbons (Fsp3) is 0.462. The summed E-state index contributed by atoms with van der Waals surface area (Å²) in [6, 6.07) is 2.14. The third kappa shape index (κ3) is 2.48. The van der Waals surface area contributed by atoms with Crippen LogP contribution in [0.1, 0.15) is 0 Å². The Bertz CT molecular complexity index is 697. The summed E-state index contributed by atoms with van der Waals surface area (Å²) in [5, 5.41) is 0. The van der Waals surface area contributed by atoms with Gasteiger partial charge < -0.3 is 19.2 Å². The number of fused-ring (bicyclic) bond motifs is 1. The molecule has 1 aromatic carbocycles. The Morgan fingerprint density at radius 2 is 2.25 bits per heavy atom. The van der Waals surface area contributed by atoms with Gasteiger partial charge in [-0.3, -0.25) is 0 Å². The Labute approximate surface area is 119 Å². The summed E-state index contributed by atoms with van der Waals surface area (Å²) in [7, 11) is 2.02. The number of H-pyrrole nitrogens is 1. The normalized spacial score (nSPS) is 20.6. The third-order valence-electron chi connectivity index (χ3n) is 3.53. The van der Waals surface area contributed by atoms with Crippen LogP contribution in [0.4, 0.5) is 8.78 Å². The highest BCUT2D eigenvalue weighted by Crippen LogP contribution is 2.20. The van der Waals surface area contributed by atoms with E-state index in [2.05, 4.69) is 9.88 Å². The molecule has 1 fully saturated rings. The van der Waals surface area contributed by atoms with E-state index in [0.717, 1.165) is 19.2 Å². The Morgan fingerprint density at radius 3 is 3.00 bits per heavy atom. The van der Waals surface area contributed by atoms with Crippen molar-refractivity contribution in [2.75, 3.05) is 26.7 Å². The van der Waals surface area contributed by atoms with Gasteiger partial charge in [0.05, 0.1) is 24.8 Å². The molecule has 2 heterocycles. The van der Waals surface area contributed by atoms with Crippen molar-refractivity contribution in [2.24, 2.45) is 0 Å². The van der Waals surface area contributed by atoms with Gasteiger partial charge in [-0.25, -0.2) is 8.78 Å². The van der Waals surface area contributed by atoms with Gasteiger partial charge in [0.15, 0.2) is 10.6 Å². The van der Waals surface area contributed by atoms with Crippen LogP contribution in [0.2, 0.25) is 0 Å². The second kappa shape index (κ2) is 5.23. The van der Waals surface area contributed by atoms with Crippen LogP contribution < -0.4 is 0 Å². The quantitative estimate of drug-likeness (QED) is 0.864. The van der Waals surface area contributed by atoms with Crippen molar-refractivity contribution in [3.63, 3.8) is 0 Å². The number of likely N-dealkylation sites (N-methyl/N-ethyl adjacent to an activating group) is 1. The summed E-state index contributed by atoms with van der Waals surface area (Å²) < 4.78 is 34.8. The number of benzene rings is 1. The molecule has 2 aromatic rings. The Balaban J connectivity index is 1.98. The molecule has 7 heteroatoms. The van der Waals surface area contributed by atoms with E-state index in [0.29, 0.717) is 23.4 Å². The fourth-order valence-electron chi connectivity index (χ4n) is 2.54. The highest BCUT2D eigenvalue weighted by Gasteiger charge is 2.20. The van der Waals surface area contributed by atoms with E-state index in [4.69, 9.17) is 17.0 Å². The number of nitrogens with one attached hydrogen (secondary N) is 1. The zero-order chi connectivity index (χ0) is 14.3. The summed E-state index contributed by atoms with van der Waals surface area (Å²) in [6.07, 6.45) is -0.0363. The Kier molecular flexibility index (Phi) is 3.57. The van der Waals surface area contributed by atoms with Crippen LogP contribution in [-0.2, 0) is 11.3 Å². The molecular formula is C13H15F2N3OS. The molecule has 3 rings (SSSR count). The van der Waals surface area contributed by atoms with Gasteiger partial charge >= 0.3 is 0 Å². The first-order valence-corrected chi connectivity index (χ1v) is 6.83. The largest absolute Gasteiger partial charge is 0.374 e. The van der Waals surface area contributed by atoms with E-state index in [1.165, 1.54) is 6.07 Å². The van der Waals surface area contributed by atoms with Gasteiger partial charge in [-0.05, 0) is 25.3 Å². The molecule has 0 amide bonds. The Morgan fingerprint density at radius 1 is 1.45 bits per heavy atom. The van der Waals surface area contributed by atoms with Gasteiger partial charge in [-0.2, -0.15) is 0 Å². The predicted octanol–water partition coefficient (Wildman–Crippen LogP) is 2.31. The predicted molar refractivity (Wildman–Crippen MR) is 74.3 cm³/mol. The van der Waals surface area contributed by atoms with Crippen LogP contribution in [0.15, 0.2) is 12.1 Å².